The van der Waals surface area contributed by atoms with Gasteiger partial charge in [0.05, 0.1) is 8.04 Å². The highest BCUT2D eigenvalue weighted by Crippen LogP contribution is 2.35. The summed E-state index contributed by atoms with van der Waals surface area (Å²) in [6.07, 6.45) is -4.74. The number of hydrogen-bond donors (Lipinski definition) is 1. The lowest BCUT2D eigenvalue weighted by molar-refractivity contribution is -0.274. The Morgan fingerprint density at radius 3 is 2.29 bits per heavy atom. The van der Waals surface area contributed by atoms with Gasteiger partial charge in [-0.15, -0.1) is 13.2 Å². The van der Waals surface area contributed by atoms with Crippen molar-refractivity contribution in [3.63, 3.8) is 0 Å². The average Bonchev–Trinajstić information content (AvgIpc) is 2.35. The van der Waals surface area contributed by atoms with Crippen molar-refractivity contribution in [2.75, 3.05) is 5.73 Å². The number of alkyl halides is 3. The standard InChI is InChI=1S/C13H8BrF3INO2/c14-9-6-8(2-4-11(9)21-13(15,16)17)20-12-3-1-7(19)5-10(12)18/h1-6H,19H2. The molecule has 0 heterocycles. The maximum absolute atomic E-state index is 12.2. The predicted molar refractivity (Wildman–Crippen MR) is 84.5 cm³/mol. The molecule has 0 bridgehead atoms. The highest BCUT2D eigenvalue weighted by molar-refractivity contribution is 14.1. The van der Waals surface area contributed by atoms with E-state index in [0.717, 1.165) is 3.57 Å². The van der Waals surface area contributed by atoms with Crippen LogP contribution in [0.25, 0.3) is 0 Å². The van der Waals surface area contributed by atoms with Crippen LogP contribution in [-0.4, -0.2) is 6.36 Å². The van der Waals surface area contributed by atoms with Crippen molar-refractivity contribution < 1.29 is 22.6 Å². The molecule has 2 N–H and O–H groups in total. The molecule has 0 spiro atoms. The first-order valence-electron chi connectivity index (χ1n) is 5.53. The minimum absolute atomic E-state index is 0.141. The van der Waals surface area contributed by atoms with E-state index in [-0.39, 0.29) is 10.2 Å². The van der Waals surface area contributed by atoms with Crippen molar-refractivity contribution in [1.29, 1.82) is 0 Å². The zero-order chi connectivity index (χ0) is 15.6. The molecule has 0 saturated carbocycles. The number of anilines is 1. The lowest BCUT2D eigenvalue weighted by atomic mass is 10.3. The van der Waals surface area contributed by atoms with E-state index in [0.29, 0.717) is 17.2 Å². The fourth-order valence-electron chi connectivity index (χ4n) is 1.48. The summed E-state index contributed by atoms with van der Waals surface area (Å²) in [5.74, 6) is 0.599. The van der Waals surface area contributed by atoms with Crippen LogP contribution in [0.15, 0.2) is 40.9 Å². The number of nitrogens with two attached hydrogens (primary N) is 1. The van der Waals surface area contributed by atoms with Crippen molar-refractivity contribution in [3.05, 3.63) is 44.4 Å². The predicted octanol–water partition coefficient (Wildman–Crippen LogP) is 5.33. The van der Waals surface area contributed by atoms with E-state index in [1.54, 1.807) is 18.2 Å². The molecule has 112 valence electrons. The second-order valence-corrected chi connectivity index (χ2v) is 5.95. The number of ether oxygens (including phenoxy) is 2. The van der Waals surface area contributed by atoms with Crippen LogP contribution >= 0.6 is 38.5 Å². The summed E-state index contributed by atoms with van der Waals surface area (Å²) >= 11 is 5.07. The van der Waals surface area contributed by atoms with Gasteiger partial charge in [-0.3, -0.25) is 0 Å². The summed E-state index contributed by atoms with van der Waals surface area (Å²) in [7, 11) is 0. The topological polar surface area (TPSA) is 44.5 Å². The lowest BCUT2D eigenvalue weighted by Gasteiger charge is -2.12. The van der Waals surface area contributed by atoms with Crippen LogP contribution in [0, 0.1) is 3.57 Å². The molecule has 2 aromatic rings. The lowest BCUT2D eigenvalue weighted by Crippen LogP contribution is -2.17. The summed E-state index contributed by atoms with van der Waals surface area (Å²) in [6, 6.07) is 9.05. The van der Waals surface area contributed by atoms with Crippen molar-refractivity contribution in [2.45, 2.75) is 6.36 Å². The van der Waals surface area contributed by atoms with Gasteiger partial charge in [0.15, 0.2) is 0 Å². The fourth-order valence-corrected chi connectivity index (χ4v) is 2.57. The third-order valence-corrected chi connectivity index (χ3v) is 3.78. The van der Waals surface area contributed by atoms with Gasteiger partial charge in [0, 0.05) is 5.69 Å². The van der Waals surface area contributed by atoms with E-state index < -0.39 is 6.36 Å². The monoisotopic (exact) mass is 473 g/mol. The Balaban J connectivity index is 2.20. The maximum atomic E-state index is 12.2. The SMILES string of the molecule is Nc1ccc(Oc2ccc(OC(F)(F)F)c(Br)c2)c(I)c1. The quantitative estimate of drug-likeness (QED) is 0.484. The van der Waals surface area contributed by atoms with Crippen molar-refractivity contribution in [2.24, 2.45) is 0 Å². The molecule has 0 amide bonds. The second-order valence-electron chi connectivity index (χ2n) is 3.93. The van der Waals surface area contributed by atoms with Crippen LogP contribution in [0.3, 0.4) is 0 Å². The third-order valence-electron chi connectivity index (χ3n) is 2.31. The minimum Gasteiger partial charge on any atom is -0.456 e. The molecule has 0 aromatic heterocycles. The van der Waals surface area contributed by atoms with E-state index >= 15 is 0 Å². The number of nitrogen functional groups attached to an aromatic ring is 1. The van der Waals surface area contributed by atoms with Gasteiger partial charge < -0.3 is 15.2 Å². The van der Waals surface area contributed by atoms with E-state index in [1.165, 1.54) is 18.2 Å². The van der Waals surface area contributed by atoms with Crippen LogP contribution in [0.2, 0.25) is 0 Å². The fraction of sp³-hybridized carbons (Fsp3) is 0.0769. The van der Waals surface area contributed by atoms with Gasteiger partial charge in [-0.05, 0) is 74.9 Å². The number of rotatable bonds is 3. The molecule has 8 heteroatoms. The van der Waals surface area contributed by atoms with E-state index in [4.69, 9.17) is 10.5 Å². The van der Waals surface area contributed by atoms with E-state index in [2.05, 4.69) is 43.3 Å². The first-order chi connectivity index (χ1) is 9.74. The van der Waals surface area contributed by atoms with Crippen molar-refractivity contribution in [3.8, 4) is 17.2 Å². The molecule has 0 atom stereocenters. The highest BCUT2D eigenvalue weighted by Gasteiger charge is 2.32. The second kappa shape index (κ2) is 6.30. The van der Waals surface area contributed by atoms with E-state index in [9.17, 15) is 13.2 Å². The van der Waals surface area contributed by atoms with Crippen LogP contribution in [0.5, 0.6) is 17.2 Å². The summed E-state index contributed by atoms with van der Waals surface area (Å²) in [6.45, 7) is 0. The molecule has 3 nitrogen and oxygen atoms in total. The van der Waals surface area contributed by atoms with Gasteiger partial charge in [0.2, 0.25) is 0 Å². The zero-order valence-corrected chi connectivity index (χ0v) is 14.0. The van der Waals surface area contributed by atoms with Crippen LogP contribution < -0.4 is 15.2 Å². The summed E-state index contributed by atoms with van der Waals surface area (Å²) in [4.78, 5) is 0. The molecular weight excluding hydrogens is 466 g/mol. The van der Waals surface area contributed by atoms with Crippen LogP contribution in [0.4, 0.5) is 18.9 Å². The highest BCUT2D eigenvalue weighted by atomic mass is 127. The van der Waals surface area contributed by atoms with Gasteiger partial charge in [-0.2, -0.15) is 0 Å². The van der Waals surface area contributed by atoms with Crippen molar-refractivity contribution >= 4 is 44.2 Å². The van der Waals surface area contributed by atoms with Crippen LogP contribution in [-0.2, 0) is 0 Å². The Kier molecular flexibility index (Phi) is 4.87. The molecule has 0 radical (unpaired) electrons. The average molecular weight is 474 g/mol. The smallest absolute Gasteiger partial charge is 0.456 e. The molecule has 2 aromatic carbocycles. The number of hydrogen-bond acceptors (Lipinski definition) is 3. The summed E-state index contributed by atoms with van der Waals surface area (Å²) in [5.41, 5.74) is 6.23. The van der Waals surface area contributed by atoms with E-state index in [1.807, 2.05) is 0 Å². The number of halogens is 5. The Bertz CT molecular complexity index is 664. The molecule has 21 heavy (non-hydrogen) atoms. The number of benzene rings is 2. The first-order valence-corrected chi connectivity index (χ1v) is 7.40. The minimum atomic E-state index is -4.74. The maximum Gasteiger partial charge on any atom is 0.573 e. The first kappa shape index (κ1) is 16.2. The molecule has 2 rings (SSSR count). The third kappa shape index (κ3) is 4.67. The van der Waals surface area contributed by atoms with Crippen LogP contribution in [0.1, 0.15) is 0 Å². The van der Waals surface area contributed by atoms with Crippen molar-refractivity contribution in [1.82, 2.24) is 0 Å². The molecule has 0 aliphatic heterocycles. The Labute approximate surface area is 140 Å². The molecule has 0 aliphatic carbocycles. The molecule has 0 saturated heterocycles. The van der Waals surface area contributed by atoms with Gasteiger partial charge in [0.1, 0.15) is 17.2 Å². The largest absolute Gasteiger partial charge is 0.573 e. The normalized spacial score (nSPS) is 11.3. The Morgan fingerprint density at radius 2 is 1.71 bits per heavy atom. The molecule has 0 fully saturated rings. The Morgan fingerprint density at radius 1 is 1.05 bits per heavy atom. The van der Waals surface area contributed by atoms with Gasteiger partial charge in [0.25, 0.3) is 0 Å². The molecule has 0 aliphatic rings. The molecular formula is C13H8BrF3INO2. The van der Waals surface area contributed by atoms with Gasteiger partial charge in [-0.1, -0.05) is 0 Å². The molecule has 0 unspecified atom stereocenters. The summed E-state index contributed by atoms with van der Waals surface area (Å²) < 4.78 is 46.9. The van der Waals surface area contributed by atoms with Gasteiger partial charge >= 0.3 is 6.36 Å². The summed E-state index contributed by atoms with van der Waals surface area (Å²) in [5, 5.41) is 0. The van der Waals surface area contributed by atoms with Gasteiger partial charge in [-0.25, -0.2) is 0 Å². The Hall–Kier alpha value is -1.16. The zero-order valence-electron chi connectivity index (χ0n) is 10.2.